The third-order valence-corrected chi connectivity index (χ3v) is 3.21. The molecule has 1 unspecified atom stereocenters. The van der Waals surface area contributed by atoms with Crippen LogP contribution in [-0.2, 0) is 6.42 Å². The normalized spacial score (nSPS) is 12.4. The fraction of sp³-hybridized carbons (Fsp3) is 0.312. The number of pyridine rings is 1. The topological polar surface area (TPSA) is 24.9 Å². The van der Waals surface area contributed by atoms with Crippen LogP contribution in [0.25, 0.3) is 0 Å². The van der Waals surface area contributed by atoms with Gasteiger partial charge in [-0.05, 0) is 49.2 Å². The summed E-state index contributed by atoms with van der Waals surface area (Å²) in [7, 11) is 1.98. The lowest BCUT2D eigenvalue weighted by Crippen LogP contribution is -2.19. The molecule has 0 saturated heterocycles. The van der Waals surface area contributed by atoms with Crippen molar-refractivity contribution in [3.05, 3.63) is 65.0 Å². The first-order chi connectivity index (χ1) is 8.74. The van der Waals surface area contributed by atoms with E-state index >= 15 is 0 Å². The zero-order chi connectivity index (χ0) is 13.0. The van der Waals surface area contributed by atoms with Gasteiger partial charge < -0.3 is 5.32 Å². The number of hydrogen-bond acceptors (Lipinski definition) is 2. The molecule has 18 heavy (non-hydrogen) atoms. The fourth-order valence-electron chi connectivity index (χ4n) is 2.20. The third-order valence-electron chi connectivity index (χ3n) is 3.21. The molecule has 0 bridgehead atoms. The molecule has 1 atom stereocenters. The van der Waals surface area contributed by atoms with Crippen LogP contribution in [0.15, 0.2) is 42.6 Å². The minimum absolute atomic E-state index is 0.163. The van der Waals surface area contributed by atoms with Gasteiger partial charge in [-0.15, -0.1) is 0 Å². The van der Waals surface area contributed by atoms with E-state index < -0.39 is 0 Å². The van der Waals surface area contributed by atoms with Crippen LogP contribution in [0.4, 0.5) is 0 Å². The third kappa shape index (κ3) is 2.77. The fourth-order valence-corrected chi connectivity index (χ4v) is 2.20. The highest BCUT2D eigenvalue weighted by Crippen LogP contribution is 2.21. The van der Waals surface area contributed by atoms with E-state index in [1.165, 1.54) is 16.7 Å². The molecule has 0 aliphatic heterocycles. The predicted octanol–water partition coefficient (Wildman–Crippen LogP) is 3.26. The summed E-state index contributed by atoms with van der Waals surface area (Å²) < 4.78 is 0. The van der Waals surface area contributed by atoms with Crippen LogP contribution in [0.3, 0.4) is 0 Å². The van der Waals surface area contributed by atoms with Crippen LogP contribution in [0.2, 0.25) is 0 Å². The maximum Gasteiger partial charge on any atom is 0.0749 e. The van der Waals surface area contributed by atoms with E-state index in [4.69, 9.17) is 0 Å². The van der Waals surface area contributed by atoms with Crippen LogP contribution in [0.5, 0.6) is 0 Å². The first-order valence-electron chi connectivity index (χ1n) is 6.43. The maximum atomic E-state index is 4.48. The van der Waals surface area contributed by atoms with E-state index in [-0.39, 0.29) is 6.04 Å². The van der Waals surface area contributed by atoms with Gasteiger partial charge in [0.15, 0.2) is 0 Å². The number of aryl methyl sites for hydroxylation is 2. The monoisotopic (exact) mass is 240 g/mol. The first kappa shape index (κ1) is 12.8. The highest BCUT2D eigenvalue weighted by atomic mass is 14.9. The summed E-state index contributed by atoms with van der Waals surface area (Å²) in [6, 6.07) is 13.0. The first-order valence-corrected chi connectivity index (χ1v) is 6.43. The van der Waals surface area contributed by atoms with Gasteiger partial charge in [-0.2, -0.15) is 0 Å². The SMILES string of the molecule is CCc1cccc(C(NC)c2cc(C)ccn2)c1. The maximum absolute atomic E-state index is 4.48. The number of aromatic nitrogens is 1. The Balaban J connectivity index is 2.38. The van der Waals surface area contributed by atoms with Crippen molar-refractivity contribution in [2.45, 2.75) is 26.3 Å². The summed E-state index contributed by atoms with van der Waals surface area (Å²) in [4.78, 5) is 4.48. The lowest BCUT2D eigenvalue weighted by atomic mass is 9.99. The molecule has 1 aromatic heterocycles. The van der Waals surface area contributed by atoms with Crippen LogP contribution in [0.1, 0.15) is 35.3 Å². The Kier molecular flexibility index (Phi) is 4.11. The van der Waals surface area contributed by atoms with E-state index in [9.17, 15) is 0 Å². The molecule has 1 heterocycles. The summed E-state index contributed by atoms with van der Waals surface area (Å²) in [6.07, 6.45) is 2.93. The predicted molar refractivity (Wildman–Crippen MR) is 75.7 cm³/mol. The van der Waals surface area contributed by atoms with Gasteiger partial charge in [-0.25, -0.2) is 0 Å². The Hall–Kier alpha value is -1.67. The Labute approximate surface area is 109 Å². The Morgan fingerprint density at radius 2 is 2.06 bits per heavy atom. The summed E-state index contributed by atoms with van der Waals surface area (Å²) in [5, 5.41) is 3.35. The van der Waals surface area contributed by atoms with Gasteiger partial charge >= 0.3 is 0 Å². The Morgan fingerprint density at radius 1 is 1.22 bits per heavy atom. The molecule has 0 fully saturated rings. The molecule has 2 aromatic rings. The number of hydrogen-bond donors (Lipinski definition) is 1. The van der Waals surface area contributed by atoms with Crippen molar-refractivity contribution in [2.24, 2.45) is 0 Å². The molecular formula is C16H20N2. The van der Waals surface area contributed by atoms with Crippen molar-refractivity contribution in [3.63, 3.8) is 0 Å². The van der Waals surface area contributed by atoms with Gasteiger partial charge in [0.2, 0.25) is 0 Å². The summed E-state index contributed by atoms with van der Waals surface area (Å²) >= 11 is 0. The molecule has 94 valence electrons. The zero-order valence-electron chi connectivity index (χ0n) is 11.3. The van der Waals surface area contributed by atoms with Crippen molar-refractivity contribution in [3.8, 4) is 0 Å². The molecule has 2 heteroatoms. The summed E-state index contributed by atoms with van der Waals surface area (Å²) in [6.45, 7) is 4.28. The molecule has 0 saturated carbocycles. The summed E-state index contributed by atoms with van der Waals surface area (Å²) in [5.41, 5.74) is 4.95. The van der Waals surface area contributed by atoms with Gasteiger partial charge in [0.05, 0.1) is 11.7 Å². The van der Waals surface area contributed by atoms with Gasteiger partial charge in [-0.1, -0.05) is 31.2 Å². The number of nitrogens with one attached hydrogen (secondary N) is 1. The van der Waals surface area contributed by atoms with Crippen LogP contribution in [0, 0.1) is 6.92 Å². The van der Waals surface area contributed by atoms with Crippen molar-refractivity contribution >= 4 is 0 Å². The quantitative estimate of drug-likeness (QED) is 0.887. The van der Waals surface area contributed by atoms with Gasteiger partial charge in [0.25, 0.3) is 0 Å². The second-order valence-electron chi connectivity index (χ2n) is 4.58. The average Bonchev–Trinajstić information content (AvgIpc) is 2.40. The molecule has 1 N–H and O–H groups in total. The molecule has 1 aromatic carbocycles. The molecule has 0 aliphatic carbocycles. The molecule has 0 amide bonds. The molecule has 0 spiro atoms. The number of rotatable bonds is 4. The van der Waals surface area contributed by atoms with Gasteiger partial charge in [0, 0.05) is 6.20 Å². The smallest absolute Gasteiger partial charge is 0.0749 e. The largest absolute Gasteiger partial charge is 0.308 e. The van der Waals surface area contributed by atoms with Crippen LogP contribution >= 0.6 is 0 Å². The second-order valence-corrected chi connectivity index (χ2v) is 4.58. The lowest BCUT2D eigenvalue weighted by Gasteiger charge is -2.17. The van der Waals surface area contributed by atoms with E-state index in [0.29, 0.717) is 0 Å². The van der Waals surface area contributed by atoms with Crippen molar-refractivity contribution in [2.75, 3.05) is 7.05 Å². The van der Waals surface area contributed by atoms with Gasteiger partial charge in [0.1, 0.15) is 0 Å². The highest BCUT2D eigenvalue weighted by Gasteiger charge is 2.13. The zero-order valence-corrected chi connectivity index (χ0v) is 11.3. The molecule has 2 rings (SSSR count). The molecule has 0 radical (unpaired) electrons. The van der Waals surface area contributed by atoms with Crippen molar-refractivity contribution in [1.29, 1.82) is 0 Å². The minimum atomic E-state index is 0.163. The molecular weight excluding hydrogens is 220 g/mol. The lowest BCUT2D eigenvalue weighted by molar-refractivity contribution is 0.669. The van der Waals surface area contributed by atoms with E-state index in [2.05, 4.69) is 54.5 Å². The Morgan fingerprint density at radius 3 is 2.72 bits per heavy atom. The average molecular weight is 240 g/mol. The number of nitrogens with zero attached hydrogens (tertiary/aromatic N) is 1. The van der Waals surface area contributed by atoms with Gasteiger partial charge in [-0.3, -0.25) is 4.98 Å². The van der Waals surface area contributed by atoms with Crippen LogP contribution in [-0.4, -0.2) is 12.0 Å². The van der Waals surface area contributed by atoms with Crippen molar-refractivity contribution in [1.82, 2.24) is 10.3 Å². The van der Waals surface area contributed by atoms with Crippen LogP contribution < -0.4 is 5.32 Å². The Bertz CT molecular complexity index is 520. The molecule has 0 aliphatic rings. The standard InChI is InChI=1S/C16H20N2/c1-4-13-6-5-7-14(11-13)16(17-3)15-10-12(2)8-9-18-15/h5-11,16-17H,4H2,1-3H3. The minimum Gasteiger partial charge on any atom is -0.308 e. The van der Waals surface area contributed by atoms with E-state index in [1.807, 2.05) is 19.3 Å². The molecule has 2 nitrogen and oxygen atoms in total. The second kappa shape index (κ2) is 5.78. The van der Waals surface area contributed by atoms with Crippen molar-refractivity contribution < 1.29 is 0 Å². The summed E-state index contributed by atoms with van der Waals surface area (Å²) in [5.74, 6) is 0. The van der Waals surface area contributed by atoms with E-state index in [0.717, 1.165) is 12.1 Å². The highest BCUT2D eigenvalue weighted by molar-refractivity contribution is 5.32. The van der Waals surface area contributed by atoms with E-state index in [1.54, 1.807) is 0 Å². The number of benzene rings is 1.